The third-order valence-electron chi connectivity index (χ3n) is 4.20. The van der Waals surface area contributed by atoms with Crippen LogP contribution < -0.4 is 14.9 Å². The molecule has 0 fully saturated rings. The van der Waals surface area contributed by atoms with E-state index in [1.807, 2.05) is 31.3 Å². The summed E-state index contributed by atoms with van der Waals surface area (Å²) in [5.41, 5.74) is 3.33. The van der Waals surface area contributed by atoms with E-state index in [1.54, 1.807) is 42.5 Å². The first-order valence-corrected chi connectivity index (χ1v) is 9.86. The molecule has 3 aromatic rings. The summed E-state index contributed by atoms with van der Waals surface area (Å²) >= 11 is -2.25. The van der Waals surface area contributed by atoms with Crippen LogP contribution in [0.2, 0.25) is 0 Å². The van der Waals surface area contributed by atoms with Crippen LogP contribution in [0.3, 0.4) is 0 Å². The lowest BCUT2D eigenvalue weighted by atomic mass is 10.1. The highest BCUT2D eigenvalue weighted by atomic mass is 32.2. The van der Waals surface area contributed by atoms with Gasteiger partial charge in [-0.1, -0.05) is 48.5 Å². The van der Waals surface area contributed by atoms with E-state index < -0.39 is 17.1 Å². The van der Waals surface area contributed by atoms with Crippen molar-refractivity contribution in [3.05, 3.63) is 89.7 Å². The second kappa shape index (κ2) is 9.45. The molecule has 146 valence electrons. The summed E-state index contributed by atoms with van der Waals surface area (Å²) in [5.74, 6) is -0.395. The monoisotopic (exact) mass is 399 g/mol. The number of anilines is 3. The van der Waals surface area contributed by atoms with Crippen molar-refractivity contribution in [2.75, 3.05) is 16.7 Å². The molecule has 3 rings (SSSR count). The van der Waals surface area contributed by atoms with Crippen LogP contribution in [0, 0.1) is 5.82 Å². The van der Waals surface area contributed by atoms with Crippen molar-refractivity contribution < 1.29 is 13.2 Å². The zero-order valence-corrected chi connectivity index (χ0v) is 16.2. The average Bonchev–Trinajstić information content (AvgIpc) is 2.69. The minimum Gasteiger partial charge on any atom is -0.351 e. The van der Waals surface area contributed by atoms with Gasteiger partial charge in [0, 0.05) is 6.54 Å². The first kappa shape index (κ1) is 20.0. The van der Waals surface area contributed by atoms with Gasteiger partial charge in [0.25, 0.3) is 11.3 Å². The quantitative estimate of drug-likeness (QED) is 0.490. The maximum Gasteiger partial charge on any atom is 0.262 e. The van der Waals surface area contributed by atoms with Gasteiger partial charge in [-0.25, -0.2) is 8.60 Å². The molecule has 0 aromatic heterocycles. The Balaban J connectivity index is 1.92. The van der Waals surface area contributed by atoms with Crippen LogP contribution >= 0.6 is 0 Å². The average molecular weight is 399 g/mol. The number of hydrogen-bond donors (Lipinski definition) is 3. The van der Waals surface area contributed by atoms with E-state index in [-0.39, 0.29) is 6.54 Å². The molecule has 0 spiro atoms. The van der Waals surface area contributed by atoms with Crippen LogP contribution in [0.1, 0.15) is 11.1 Å². The molecule has 0 aliphatic carbocycles. The molecule has 0 amide bonds. The Labute approximate surface area is 166 Å². The van der Waals surface area contributed by atoms with Gasteiger partial charge in [-0.3, -0.25) is 8.86 Å². The molecule has 1 atom stereocenters. The van der Waals surface area contributed by atoms with Gasteiger partial charge in [0.2, 0.25) is 0 Å². The van der Waals surface area contributed by atoms with E-state index in [9.17, 15) is 13.2 Å². The van der Waals surface area contributed by atoms with E-state index >= 15 is 0 Å². The van der Waals surface area contributed by atoms with Crippen molar-refractivity contribution in [3.63, 3.8) is 0 Å². The highest BCUT2D eigenvalue weighted by molar-refractivity contribution is 7.80. The first-order chi connectivity index (χ1) is 13.6. The van der Waals surface area contributed by atoms with Crippen LogP contribution in [-0.2, 0) is 24.4 Å². The standard InChI is InChI=1S/C21H22FN3O2S/c1-23-14-16-7-6-8-17(13-16)15-25(28(26)27)21-12-5-4-11-20(21)24-19-10-3-2-9-18(19)22/h2-13,23-24H,14-15H2,1H3,(H,26,27). The summed E-state index contributed by atoms with van der Waals surface area (Å²) in [5, 5.41) is 6.11. The summed E-state index contributed by atoms with van der Waals surface area (Å²) in [7, 11) is 1.87. The third-order valence-corrected chi connectivity index (χ3v) is 4.91. The van der Waals surface area contributed by atoms with Gasteiger partial charge < -0.3 is 10.6 Å². The molecule has 3 N–H and O–H groups in total. The van der Waals surface area contributed by atoms with E-state index in [1.165, 1.54) is 10.4 Å². The van der Waals surface area contributed by atoms with Gasteiger partial charge in [0.05, 0.1) is 23.6 Å². The Bertz CT molecular complexity index is 968. The highest BCUT2D eigenvalue weighted by Crippen LogP contribution is 2.31. The fraction of sp³-hybridized carbons (Fsp3) is 0.143. The van der Waals surface area contributed by atoms with Crippen LogP contribution in [0.25, 0.3) is 0 Å². The van der Waals surface area contributed by atoms with Gasteiger partial charge in [-0.05, 0) is 42.4 Å². The fourth-order valence-electron chi connectivity index (χ4n) is 2.94. The number of benzene rings is 3. The lowest BCUT2D eigenvalue weighted by molar-refractivity contribution is 0.558. The third kappa shape index (κ3) is 4.95. The Kier molecular flexibility index (Phi) is 6.76. The van der Waals surface area contributed by atoms with Crippen LogP contribution in [0.5, 0.6) is 0 Å². The van der Waals surface area contributed by atoms with E-state index in [2.05, 4.69) is 10.6 Å². The predicted octanol–water partition coefficient (Wildman–Crippen LogP) is 4.43. The lowest BCUT2D eigenvalue weighted by Gasteiger charge is -2.24. The number of halogens is 1. The topological polar surface area (TPSA) is 64.6 Å². The molecule has 0 aliphatic rings. The number of rotatable bonds is 8. The van der Waals surface area contributed by atoms with Crippen LogP contribution in [-0.4, -0.2) is 15.8 Å². The Morgan fingerprint density at radius 2 is 1.64 bits per heavy atom. The summed E-state index contributed by atoms with van der Waals surface area (Å²) < 4.78 is 37.4. The SMILES string of the molecule is CNCc1cccc(CN(c2ccccc2Nc2ccccc2F)S(=O)O)c1. The molecule has 1 unspecified atom stereocenters. The maximum absolute atomic E-state index is 14.0. The zero-order valence-electron chi connectivity index (χ0n) is 15.4. The van der Waals surface area contributed by atoms with Crippen molar-refractivity contribution in [2.45, 2.75) is 13.1 Å². The molecule has 0 heterocycles. The second-order valence-electron chi connectivity index (χ2n) is 6.24. The normalized spacial score (nSPS) is 11.8. The van der Waals surface area contributed by atoms with E-state index in [4.69, 9.17) is 0 Å². The molecule has 0 radical (unpaired) electrons. The van der Waals surface area contributed by atoms with Gasteiger partial charge in [0.1, 0.15) is 5.82 Å². The summed E-state index contributed by atoms with van der Waals surface area (Å²) in [6.45, 7) is 0.943. The van der Waals surface area contributed by atoms with Crippen molar-refractivity contribution in [2.24, 2.45) is 0 Å². The van der Waals surface area contributed by atoms with Gasteiger partial charge in [0.15, 0.2) is 0 Å². The summed E-state index contributed by atoms with van der Waals surface area (Å²) in [6.07, 6.45) is 0. The minimum atomic E-state index is -2.25. The smallest absolute Gasteiger partial charge is 0.262 e. The number of nitrogens with zero attached hydrogens (tertiary/aromatic N) is 1. The van der Waals surface area contributed by atoms with E-state index in [0.717, 1.165) is 11.1 Å². The molecule has 5 nitrogen and oxygen atoms in total. The predicted molar refractivity (Wildman–Crippen MR) is 112 cm³/mol. The largest absolute Gasteiger partial charge is 0.351 e. The molecule has 0 bridgehead atoms. The Morgan fingerprint density at radius 3 is 2.36 bits per heavy atom. The number of nitrogens with one attached hydrogen (secondary N) is 2. The second-order valence-corrected chi connectivity index (χ2v) is 7.14. The molecule has 0 aliphatic heterocycles. The molecule has 0 saturated carbocycles. The van der Waals surface area contributed by atoms with Crippen molar-refractivity contribution in [1.82, 2.24) is 5.32 Å². The highest BCUT2D eigenvalue weighted by Gasteiger charge is 2.17. The van der Waals surface area contributed by atoms with Crippen LogP contribution in [0.4, 0.5) is 21.5 Å². The fourth-order valence-corrected chi connectivity index (χ4v) is 3.52. The molecular formula is C21H22FN3O2S. The molecular weight excluding hydrogens is 377 g/mol. The molecule has 0 saturated heterocycles. The van der Waals surface area contributed by atoms with Gasteiger partial charge >= 0.3 is 0 Å². The lowest BCUT2D eigenvalue weighted by Crippen LogP contribution is -2.25. The molecule has 7 heteroatoms. The summed E-state index contributed by atoms with van der Waals surface area (Å²) in [4.78, 5) is 0. The van der Waals surface area contributed by atoms with Crippen LogP contribution in [0.15, 0.2) is 72.8 Å². The maximum atomic E-state index is 14.0. The number of para-hydroxylation sites is 3. The number of hydrogen-bond acceptors (Lipinski definition) is 3. The molecule has 28 heavy (non-hydrogen) atoms. The Morgan fingerprint density at radius 1 is 0.964 bits per heavy atom. The van der Waals surface area contributed by atoms with E-state index in [0.29, 0.717) is 23.6 Å². The Hall–Kier alpha value is -2.74. The summed E-state index contributed by atoms with van der Waals surface area (Å²) in [6, 6.07) is 21.2. The zero-order chi connectivity index (χ0) is 19.9. The van der Waals surface area contributed by atoms with Gasteiger partial charge in [-0.15, -0.1) is 0 Å². The van der Waals surface area contributed by atoms with Crippen molar-refractivity contribution in [1.29, 1.82) is 0 Å². The molecule has 3 aromatic carbocycles. The van der Waals surface area contributed by atoms with Crippen molar-refractivity contribution >= 4 is 28.3 Å². The first-order valence-electron chi connectivity index (χ1n) is 8.80. The van der Waals surface area contributed by atoms with Gasteiger partial charge in [-0.2, -0.15) is 0 Å². The minimum absolute atomic E-state index is 0.233. The van der Waals surface area contributed by atoms with Crippen molar-refractivity contribution in [3.8, 4) is 0 Å².